The summed E-state index contributed by atoms with van der Waals surface area (Å²) in [4.78, 5) is 24.3. The van der Waals surface area contributed by atoms with Crippen LogP contribution in [0, 0.1) is 6.92 Å². The highest BCUT2D eigenvalue weighted by Crippen LogP contribution is 2.29. The number of rotatable bonds is 11. The fourth-order valence-corrected chi connectivity index (χ4v) is 4.58. The molecule has 33 heavy (non-hydrogen) atoms. The number of aryl methyl sites for hydroxylation is 1. The predicted octanol–water partition coefficient (Wildman–Crippen LogP) is 2.01. The number of benzene rings is 1. The molecule has 1 aromatic carbocycles. The largest absolute Gasteiger partial charge is 0.463 e. The maximum Gasteiger partial charge on any atom is 0.336 e. The number of hydrogen-bond acceptors (Lipinski definition) is 8. The fraction of sp³-hybridized carbons (Fsp3) is 0.565. The molecule has 4 unspecified atom stereocenters. The summed E-state index contributed by atoms with van der Waals surface area (Å²) in [5.41, 5.74) is 0.680. The Labute approximate surface area is 195 Å². The van der Waals surface area contributed by atoms with Gasteiger partial charge in [0.15, 0.2) is 0 Å². The first kappa shape index (κ1) is 27.0. The molecule has 2 rings (SSSR count). The molecule has 0 aromatic heterocycles. The van der Waals surface area contributed by atoms with Crippen molar-refractivity contribution in [3.05, 3.63) is 41.5 Å². The molecule has 0 fully saturated rings. The molecule has 0 heterocycles. The van der Waals surface area contributed by atoms with Crippen LogP contribution >= 0.6 is 0 Å². The number of esters is 1. The molecule has 184 valence electrons. The van der Waals surface area contributed by atoms with Gasteiger partial charge in [-0.2, -0.15) is 8.42 Å². The van der Waals surface area contributed by atoms with Crippen LogP contribution in [0.2, 0.25) is 0 Å². The van der Waals surface area contributed by atoms with Crippen LogP contribution in [0.25, 0.3) is 0 Å². The molecule has 0 bridgehead atoms. The van der Waals surface area contributed by atoms with Gasteiger partial charge in [0, 0.05) is 13.5 Å². The number of carbonyl (C=O) groups is 2. The van der Waals surface area contributed by atoms with Crippen molar-refractivity contribution in [3.63, 3.8) is 0 Å². The van der Waals surface area contributed by atoms with E-state index in [1.807, 2.05) is 13.8 Å². The van der Waals surface area contributed by atoms with Crippen molar-refractivity contribution < 1.29 is 36.8 Å². The van der Waals surface area contributed by atoms with Gasteiger partial charge < -0.3 is 19.9 Å². The Morgan fingerprint density at radius 2 is 1.79 bits per heavy atom. The van der Waals surface area contributed by atoms with Crippen molar-refractivity contribution in [1.82, 2.24) is 5.32 Å². The van der Waals surface area contributed by atoms with Gasteiger partial charge in [-0.05, 0) is 38.5 Å². The number of unbranched alkanes of at least 4 members (excludes halogenated alkanes) is 2. The van der Waals surface area contributed by atoms with Crippen molar-refractivity contribution >= 4 is 22.0 Å². The lowest BCUT2D eigenvalue weighted by molar-refractivity contribution is -0.141. The lowest BCUT2D eigenvalue weighted by Crippen LogP contribution is -2.59. The molecule has 10 heteroatoms. The van der Waals surface area contributed by atoms with E-state index in [1.165, 1.54) is 25.1 Å². The van der Waals surface area contributed by atoms with Gasteiger partial charge in [-0.1, -0.05) is 37.5 Å². The molecule has 1 aromatic rings. The van der Waals surface area contributed by atoms with E-state index in [9.17, 15) is 23.1 Å². The summed E-state index contributed by atoms with van der Waals surface area (Å²) < 4.78 is 42.3. The van der Waals surface area contributed by atoms with Gasteiger partial charge in [0.2, 0.25) is 5.91 Å². The van der Waals surface area contributed by atoms with E-state index in [4.69, 9.17) is 13.7 Å². The van der Waals surface area contributed by atoms with Gasteiger partial charge in [0.05, 0.1) is 29.2 Å². The topological polar surface area (TPSA) is 128 Å². The van der Waals surface area contributed by atoms with E-state index >= 15 is 0 Å². The van der Waals surface area contributed by atoms with Gasteiger partial charge in [-0.25, -0.2) is 4.79 Å². The molecule has 4 atom stereocenters. The predicted molar refractivity (Wildman–Crippen MR) is 121 cm³/mol. The molecule has 0 spiro atoms. The van der Waals surface area contributed by atoms with E-state index in [0.29, 0.717) is 6.61 Å². The number of aliphatic hydroxyl groups excluding tert-OH is 1. The molecule has 1 aliphatic carbocycles. The van der Waals surface area contributed by atoms with Gasteiger partial charge in [-0.3, -0.25) is 8.98 Å². The highest BCUT2D eigenvalue weighted by Gasteiger charge is 2.46. The second-order valence-corrected chi connectivity index (χ2v) is 9.46. The Morgan fingerprint density at radius 1 is 1.12 bits per heavy atom. The summed E-state index contributed by atoms with van der Waals surface area (Å²) >= 11 is 0. The quantitative estimate of drug-likeness (QED) is 0.278. The van der Waals surface area contributed by atoms with Crippen LogP contribution in [0.5, 0.6) is 0 Å². The molecule has 0 saturated heterocycles. The minimum absolute atomic E-state index is 0.0627. The number of amides is 1. The van der Waals surface area contributed by atoms with Crippen molar-refractivity contribution in [2.45, 2.75) is 76.2 Å². The summed E-state index contributed by atoms with van der Waals surface area (Å²) in [5, 5.41) is 13.5. The highest BCUT2D eigenvalue weighted by atomic mass is 32.2. The standard InChI is InChI=1S/C23H33NO8S/c1-5-7-8-13-31-19-14-18(23(27)30-6-2)21(26)22(20(19)24-16(4)25)32-33(28,29)17-11-9-15(3)10-12-17/h9-12,14,19-22,26H,5-8,13H2,1-4H3,(H,24,25). The number of aliphatic hydroxyl groups is 1. The van der Waals surface area contributed by atoms with E-state index < -0.39 is 46.3 Å². The first-order valence-corrected chi connectivity index (χ1v) is 12.5. The zero-order valence-electron chi connectivity index (χ0n) is 19.4. The van der Waals surface area contributed by atoms with Crippen LogP contribution < -0.4 is 5.32 Å². The number of ether oxygens (including phenoxy) is 2. The Kier molecular flexibility index (Phi) is 10.0. The maximum atomic E-state index is 13.0. The van der Waals surface area contributed by atoms with Crippen LogP contribution in [-0.2, 0) is 33.4 Å². The Hall–Kier alpha value is -2.27. The van der Waals surface area contributed by atoms with Crippen molar-refractivity contribution in [2.24, 2.45) is 0 Å². The SMILES string of the molecule is CCCCCOC1C=C(C(=O)OCC)C(O)C(OS(=O)(=O)c2ccc(C)cc2)C1NC(C)=O. The third-order valence-electron chi connectivity index (χ3n) is 5.17. The zero-order chi connectivity index (χ0) is 24.6. The van der Waals surface area contributed by atoms with Gasteiger partial charge in [0.25, 0.3) is 10.1 Å². The van der Waals surface area contributed by atoms with Gasteiger partial charge in [0.1, 0.15) is 12.2 Å². The Morgan fingerprint density at radius 3 is 2.36 bits per heavy atom. The molecular formula is C23H33NO8S. The van der Waals surface area contributed by atoms with Crippen molar-refractivity contribution in [1.29, 1.82) is 0 Å². The fourth-order valence-electron chi connectivity index (χ4n) is 3.48. The molecule has 0 aliphatic heterocycles. The van der Waals surface area contributed by atoms with Crippen LogP contribution in [0.15, 0.2) is 40.8 Å². The summed E-state index contributed by atoms with van der Waals surface area (Å²) in [6.07, 6.45) is -0.113. The normalized spacial score (nSPS) is 23.0. The summed E-state index contributed by atoms with van der Waals surface area (Å²) in [7, 11) is -4.34. The second kappa shape index (κ2) is 12.3. The summed E-state index contributed by atoms with van der Waals surface area (Å²) in [5.74, 6) is -1.28. The van der Waals surface area contributed by atoms with E-state index in [2.05, 4.69) is 5.32 Å². The number of nitrogens with one attached hydrogen (secondary N) is 1. The van der Waals surface area contributed by atoms with Gasteiger partial charge >= 0.3 is 5.97 Å². The Balaban J connectivity index is 2.44. The average Bonchev–Trinajstić information content (AvgIpc) is 2.75. The maximum absolute atomic E-state index is 13.0. The van der Waals surface area contributed by atoms with Gasteiger partial charge in [-0.15, -0.1) is 0 Å². The molecule has 1 aliphatic rings. The van der Waals surface area contributed by atoms with Crippen LogP contribution in [-0.4, -0.2) is 63.0 Å². The lowest BCUT2D eigenvalue weighted by Gasteiger charge is -2.38. The molecule has 1 amide bonds. The first-order chi connectivity index (χ1) is 15.6. The molecular weight excluding hydrogens is 450 g/mol. The van der Waals surface area contributed by atoms with Crippen molar-refractivity contribution in [2.75, 3.05) is 13.2 Å². The third-order valence-corrected chi connectivity index (χ3v) is 6.49. The average molecular weight is 484 g/mol. The van der Waals surface area contributed by atoms with Crippen LogP contribution in [0.3, 0.4) is 0 Å². The van der Waals surface area contributed by atoms with E-state index in [1.54, 1.807) is 19.1 Å². The van der Waals surface area contributed by atoms with Crippen molar-refractivity contribution in [3.8, 4) is 0 Å². The number of carbonyl (C=O) groups excluding carboxylic acids is 2. The highest BCUT2D eigenvalue weighted by molar-refractivity contribution is 7.86. The smallest absolute Gasteiger partial charge is 0.336 e. The first-order valence-electron chi connectivity index (χ1n) is 11.1. The molecule has 0 radical (unpaired) electrons. The minimum Gasteiger partial charge on any atom is -0.463 e. The van der Waals surface area contributed by atoms with Crippen LogP contribution in [0.4, 0.5) is 0 Å². The van der Waals surface area contributed by atoms with E-state index in [-0.39, 0.29) is 17.1 Å². The third kappa shape index (κ3) is 7.36. The minimum atomic E-state index is -4.34. The zero-order valence-corrected chi connectivity index (χ0v) is 20.3. The molecule has 0 saturated carbocycles. The Bertz CT molecular complexity index is 942. The lowest BCUT2D eigenvalue weighted by atomic mass is 9.87. The summed E-state index contributed by atoms with van der Waals surface area (Å²) in [6, 6.07) is 4.94. The second-order valence-electron chi connectivity index (χ2n) is 7.88. The number of hydrogen-bond donors (Lipinski definition) is 2. The monoisotopic (exact) mass is 483 g/mol. The van der Waals surface area contributed by atoms with E-state index in [0.717, 1.165) is 24.8 Å². The molecule has 9 nitrogen and oxygen atoms in total. The summed E-state index contributed by atoms with van der Waals surface area (Å²) in [6.45, 7) is 7.10. The van der Waals surface area contributed by atoms with Crippen LogP contribution in [0.1, 0.15) is 45.6 Å². The molecule has 2 N–H and O–H groups in total.